The van der Waals surface area contributed by atoms with Gasteiger partial charge < -0.3 is 15.0 Å². The quantitative estimate of drug-likeness (QED) is 0.840. The smallest absolute Gasteiger partial charge is 0.340 e. The van der Waals surface area contributed by atoms with Crippen LogP contribution >= 0.6 is 0 Å². The van der Waals surface area contributed by atoms with Crippen molar-refractivity contribution in [2.75, 3.05) is 18.5 Å². The van der Waals surface area contributed by atoms with Crippen LogP contribution in [0.1, 0.15) is 43.0 Å². The molecule has 2 fully saturated rings. The molecule has 1 unspecified atom stereocenters. The maximum atomic E-state index is 12.5. The van der Waals surface area contributed by atoms with E-state index >= 15 is 0 Å². The summed E-state index contributed by atoms with van der Waals surface area (Å²) in [5.41, 5.74) is 0.753. The Hall–Kier alpha value is -2.37. The van der Waals surface area contributed by atoms with Gasteiger partial charge in [0.15, 0.2) is 0 Å². The highest BCUT2D eigenvalue weighted by Crippen LogP contribution is 2.31. The number of benzene rings is 1. The molecule has 1 aliphatic heterocycles. The molecule has 2 amide bonds. The second kappa shape index (κ2) is 7.03. The lowest BCUT2D eigenvalue weighted by molar-refractivity contribution is -0.131. The third kappa shape index (κ3) is 3.27. The summed E-state index contributed by atoms with van der Waals surface area (Å²) >= 11 is 0. The molecule has 1 saturated carbocycles. The fourth-order valence-corrected chi connectivity index (χ4v) is 3.17. The summed E-state index contributed by atoms with van der Waals surface area (Å²) in [6.45, 7) is 2.48. The molecule has 6 nitrogen and oxygen atoms in total. The van der Waals surface area contributed by atoms with Crippen molar-refractivity contribution < 1.29 is 19.1 Å². The molecule has 1 aromatic carbocycles. The van der Waals surface area contributed by atoms with Crippen LogP contribution in [0.4, 0.5) is 5.69 Å². The van der Waals surface area contributed by atoms with Gasteiger partial charge in [0.1, 0.15) is 0 Å². The van der Waals surface area contributed by atoms with Gasteiger partial charge in [-0.1, -0.05) is 12.1 Å². The summed E-state index contributed by atoms with van der Waals surface area (Å²) in [6.07, 6.45) is 3.46. The van der Waals surface area contributed by atoms with E-state index in [1.54, 1.807) is 31.2 Å². The molecule has 24 heavy (non-hydrogen) atoms. The van der Waals surface area contributed by atoms with E-state index in [-0.39, 0.29) is 30.8 Å². The molecule has 1 aliphatic carbocycles. The van der Waals surface area contributed by atoms with Crippen molar-refractivity contribution in [2.24, 2.45) is 5.92 Å². The number of likely N-dealkylation sites (tertiary alicyclic amines) is 1. The molecule has 1 saturated heterocycles. The molecule has 0 radical (unpaired) electrons. The summed E-state index contributed by atoms with van der Waals surface area (Å²) in [5, 5.41) is 2.79. The van der Waals surface area contributed by atoms with Gasteiger partial charge in [-0.2, -0.15) is 0 Å². The van der Waals surface area contributed by atoms with Gasteiger partial charge in [0.25, 0.3) is 0 Å². The number of ether oxygens (including phenoxy) is 1. The number of carbonyl (C=O) groups excluding carboxylic acids is 3. The maximum Gasteiger partial charge on any atom is 0.340 e. The lowest BCUT2D eigenvalue weighted by atomic mass is 9.92. The van der Waals surface area contributed by atoms with Crippen LogP contribution in [0.15, 0.2) is 24.3 Å². The number of rotatable bonds is 5. The van der Waals surface area contributed by atoms with E-state index in [2.05, 4.69) is 5.32 Å². The number of carbonyl (C=O) groups is 3. The van der Waals surface area contributed by atoms with Gasteiger partial charge in [-0.05, 0) is 38.3 Å². The molecule has 6 heteroatoms. The topological polar surface area (TPSA) is 75.7 Å². The van der Waals surface area contributed by atoms with Crippen LogP contribution in [-0.2, 0) is 14.3 Å². The molecule has 3 rings (SSSR count). The fraction of sp³-hybridized carbons (Fsp3) is 0.500. The second-order valence-corrected chi connectivity index (χ2v) is 6.29. The van der Waals surface area contributed by atoms with E-state index in [0.29, 0.717) is 23.8 Å². The van der Waals surface area contributed by atoms with Crippen molar-refractivity contribution in [1.29, 1.82) is 0 Å². The van der Waals surface area contributed by atoms with E-state index in [0.717, 1.165) is 19.3 Å². The van der Waals surface area contributed by atoms with Crippen molar-refractivity contribution in [1.82, 2.24) is 4.90 Å². The maximum absolute atomic E-state index is 12.5. The summed E-state index contributed by atoms with van der Waals surface area (Å²) in [4.78, 5) is 38.4. The van der Waals surface area contributed by atoms with Crippen LogP contribution in [0.2, 0.25) is 0 Å². The molecule has 0 spiro atoms. The van der Waals surface area contributed by atoms with Crippen molar-refractivity contribution in [2.45, 2.75) is 38.6 Å². The van der Waals surface area contributed by atoms with Crippen LogP contribution in [0.25, 0.3) is 0 Å². The first-order valence-electron chi connectivity index (χ1n) is 8.46. The van der Waals surface area contributed by atoms with Gasteiger partial charge in [-0.3, -0.25) is 9.59 Å². The Kier molecular flexibility index (Phi) is 4.83. The SMILES string of the molecule is CCOC(=O)c1ccccc1NC(=O)C1CC(=O)N(C2CCC2)C1. The molecular weight excluding hydrogens is 308 g/mol. The van der Waals surface area contributed by atoms with Crippen LogP contribution in [0, 0.1) is 5.92 Å². The summed E-state index contributed by atoms with van der Waals surface area (Å²) in [7, 11) is 0. The van der Waals surface area contributed by atoms with Gasteiger partial charge in [0.05, 0.1) is 23.8 Å². The first kappa shape index (κ1) is 16.5. The van der Waals surface area contributed by atoms with Gasteiger partial charge in [0.2, 0.25) is 11.8 Å². The zero-order chi connectivity index (χ0) is 17.1. The highest BCUT2D eigenvalue weighted by atomic mass is 16.5. The van der Waals surface area contributed by atoms with Gasteiger partial charge in [-0.15, -0.1) is 0 Å². The largest absolute Gasteiger partial charge is 0.462 e. The summed E-state index contributed by atoms with van der Waals surface area (Å²) in [6, 6.07) is 7.07. The minimum Gasteiger partial charge on any atom is -0.462 e. The zero-order valence-corrected chi connectivity index (χ0v) is 13.8. The number of nitrogens with one attached hydrogen (secondary N) is 1. The molecule has 1 heterocycles. The Bertz CT molecular complexity index is 654. The highest BCUT2D eigenvalue weighted by Gasteiger charge is 2.39. The van der Waals surface area contributed by atoms with Crippen LogP contribution in [-0.4, -0.2) is 41.9 Å². The summed E-state index contributed by atoms with van der Waals surface area (Å²) < 4.78 is 5.01. The number of hydrogen-bond acceptors (Lipinski definition) is 4. The lowest BCUT2D eigenvalue weighted by Gasteiger charge is -2.34. The van der Waals surface area contributed by atoms with Crippen molar-refractivity contribution >= 4 is 23.5 Å². The number of nitrogens with zero attached hydrogens (tertiary/aromatic N) is 1. The first-order chi connectivity index (χ1) is 11.6. The predicted octanol–water partition coefficient (Wildman–Crippen LogP) is 2.20. The van der Waals surface area contributed by atoms with Crippen molar-refractivity contribution in [3.8, 4) is 0 Å². The van der Waals surface area contributed by atoms with Gasteiger partial charge in [-0.25, -0.2) is 4.79 Å². The molecule has 1 N–H and O–H groups in total. The van der Waals surface area contributed by atoms with E-state index in [4.69, 9.17) is 4.74 Å². The number of hydrogen-bond donors (Lipinski definition) is 1. The zero-order valence-electron chi connectivity index (χ0n) is 13.8. The molecular formula is C18H22N2O4. The lowest BCUT2D eigenvalue weighted by Crippen LogP contribution is -2.41. The molecule has 0 aromatic heterocycles. The third-order valence-corrected chi connectivity index (χ3v) is 4.72. The van der Waals surface area contributed by atoms with Crippen LogP contribution in [0.3, 0.4) is 0 Å². The molecule has 2 aliphatic rings. The minimum atomic E-state index is -0.466. The minimum absolute atomic E-state index is 0.0542. The van der Waals surface area contributed by atoms with E-state index in [9.17, 15) is 14.4 Å². The van der Waals surface area contributed by atoms with Gasteiger partial charge >= 0.3 is 5.97 Å². The predicted molar refractivity (Wildman–Crippen MR) is 88.5 cm³/mol. The highest BCUT2D eigenvalue weighted by molar-refractivity contribution is 6.03. The average Bonchev–Trinajstić information content (AvgIpc) is 2.88. The van der Waals surface area contributed by atoms with E-state index in [1.807, 2.05) is 4.90 Å². The van der Waals surface area contributed by atoms with E-state index < -0.39 is 5.97 Å². The van der Waals surface area contributed by atoms with Gasteiger partial charge in [0, 0.05) is 19.0 Å². The van der Waals surface area contributed by atoms with E-state index in [1.165, 1.54) is 0 Å². The monoisotopic (exact) mass is 330 g/mol. The molecule has 128 valence electrons. The molecule has 1 aromatic rings. The number of amides is 2. The third-order valence-electron chi connectivity index (χ3n) is 4.72. The Morgan fingerprint density at radius 2 is 2.04 bits per heavy atom. The summed E-state index contributed by atoms with van der Waals surface area (Å²) in [5.74, 6) is -0.999. The van der Waals surface area contributed by atoms with Crippen LogP contribution < -0.4 is 5.32 Å². The molecule has 1 atom stereocenters. The number of esters is 1. The van der Waals surface area contributed by atoms with Crippen molar-refractivity contribution in [3.63, 3.8) is 0 Å². The fourth-order valence-electron chi connectivity index (χ4n) is 3.17. The van der Waals surface area contributed by atoms with Crippen molar-refractivity contribution in [3.05, 3.63) is 29.8 Å². The average molecular weight is 330 g/mol. The Morgan fingerprint density at radius 3 is 2.71 bits per heavy atom. The normalized spacial score (nSPS) is 20.6. The standard InChI is InChI=1S/C18H22N2O4/c1-2-24-18(23)14-8-3-4-9-15(14)19-17(22)12-10-16(21)20(11-12)13-6-5-7-13/h3-4,8-9,12-13H,2,5-7,10-11H2,1H3,(H,19,22). The number of para-hydroxylation sites is 1. The second-order valence-electron chi connectivity index (χ2n) is 6.29. The Morgan fingerprint density at radius 1 is 1.29 bits per heavy atom. The first-order valence-corrected chi connectivity index (χ1v) is 8.46. The van der Waals surface area contributed by atoms with Crippen LogP contribution in [0.5, 0.6) is 0 Å². The Labute approximate surface area is 141 Å². The molecule has 0 bridgehead atoms. The Balaban J connectivity index is 1.67. The number of anilines is 1.